The van der Waals surface area contributed by atoms with Gasteiger partial charge < -0.3 is 24.7 Å². The third-order valence-corrected chi connectivity index (χ3v) is 15.4. The highest BCUT2D eigenvalue weighted by Gasteiger charge is 2.27. The molecule has 4 N–H and O–H groups in total. The van der Waals surface area contributed by atoms with E-state index in [2.05, 4.69) is 25.2 Å². The van der Waals surface area contributed by atoms with Gasteiger partial charge in [-0.05, 0) is 138 Å². The second-order valence-electron chi connectivity index (χ2n) is 17.5. The molecular weight excluding hydrogens is 992 g/mol. The Morgan fingerprint density at radius 3 is 2.15 bits per heavy atom. The van der Waals surface area contributed by atoms with E-state index >= 15 is 0 Å². The number of carbonyl (C=O) groups excluding carboxylic acids is 3. The second-order valence-corrected chi connectivity index (χ2v) is 21.1. The Bertz CT molecular complexity index is 3420. The molecule has 0 saturated carbocycles. The van der Waals surface area contributed by atoms with Gasteiger partial charge in [0.05, 0.1) is 29.3 Å². The molecule has 0 unspecified atom stereocenters. The Morgan fingerprint density at radius 1 is 0.767 bits per heavy atom. The summed E-state index contributed by atoms with van der Waals surface area (Å²) in [6.45, 7) is 10.7. The van der Waals surface area contributed by atoms with E-state index in [1.54, 1.807) is 66.3 Å². The first kappa shape index (κ1) is 54.2. The highest BCUT2D eigenvalue weighted by molar-refractivity contribution is 7.89. The second kappa shape index (κ2) is 24.0. The number of hydrogen-bond donors (Lipinski definition) is 4. The van der Waals surface area contributed by atoms with E-state index in [1.807, 2.05) is 52.0 Å². The van der Waals surface area contributed by atoms with E-state index in [0.717, 1.165) is 30.2 Å². The van der Waals surface area contributed by atoms with E-state index in [1.165, 1.54) is 12.1 Å². The monoisotopic (exact) mass is 1050 g/mol. The summed E-state index contributed by atoms with van der Waals surface area (Å²) in [6.07, 6.45) is 3.00. The van der Waals surface area contributed by atoms with Crippen molar-refractivity contribution in [3.05, 3.63) is 124 Å². The molecule has 2 heterocycles. The summed E-state index contributed by atoms with van der Waals surface area (Å²) < 4.78 is 79.7. The molecule has 5 aromatic rings. The van der Waals surface area contributed by atoms with E-state index in [9.17, 15) is 35.8 Å². The molecule has 2 aliphatic rings. The van der Waals surface area contributed by atoms with Gasteiger partial charge in [0.1, 0.15) is 22.0 Å². The van der Waals surface area contributed by atoms with E-state index in [4.69, 9.17) is 20.8 Å². The lowest BCUT2D eigenvalue weighted by atomic mass is 9.93. The normalized spacial score (nSPS) is 12.2. The smallest absolute Gasteiger partial charge is 0.295 e. The average molecular weight is 1050 g/mol. The summed E-state index contributed by atoms with van der Waals surface area (Å²) in [4.78, 5) is 45.1. The van der Waals surface area contributed by atoms with Gasteiger partial charge in [-0.1, -0.05) is 24.1 Å². The van der Waals surface area contributed by atoms with Gasteiger partial charge in [0, 0.05) is 107 Å². The fourth-order valence-electron chi connectivity index (χ4n) is 9.00. The molecule has 0 radical (unpaired) electrons. The molecule has 1 aliphatic heterocycles. The number of hydrogen-bond acceptors (Lipinski definition) is 11. The molecule has 1 aliphatic carbocycles. The first-order chi connectivity index (χ1) is 35.0. The van der Waals surface area contributed by atoms with Crippen LogP contribution in [0.5, 0.6) is 5.75 Å². The third-order valence-electron chi connectivity index (χ3n) is 12.8. The van der Waals surface area contributed by atoms with Crippen LogP contribution in [0.25, 0.3) is 44.3 Å². The van der Waals surface area contributed by atoms with Gasteiger partial charge in [0.15, 0.2) is 0 Å². The number of sulfonamides is 1. The average Bonchev–Trinajstić information content (AvgIpc) is 3.64. The van der Waals surface area contributed by atoms with Crippen molar-refractivity contribution in [1.29, 1.82) is 0 Å². The van der Waals surface area contributed by atoms with Crippen LogP contribution in [-0.2, 0) is 36.2 Å². The van der Waals surface area contributed by atoms with Crippen molar-refractivity contribution in [2.24, 2.45) is 4.99 Å². The van der Waals surface area contributed by atoms with Gasteiger partial charge in [-0.25, -0.2) is 13.1 Å². The number of halogens is 1. The van der Waals surface area contributed by atoms with Crippen LogP contribution in [0.15, 0.2) is 116 Å². The van der Waals surface area contributed by atoms with Crippen LogP contribution in [0.4, 0.5) is 5.69 Å². The number of fused-ring (bicyclic) bond motifs is 3. The Kier molecular flexibility index (Phi) is 17.8. The summed E-state index contributed by atoms with van der Waals surface area (Å²) in [7, 11) is -7.62. The van der Waals surface area contributed by atoms with Crippen molar-refractivity contribution in [3.63, 3.8) is 0 Å². The number of unbranched alkanes of at least 4 members (excludes halogenated alkanes) is 3. The largest absolute Gasteiger partial charge is 0.497 e. The van der Waals surface area contributed by atoms with E-state index < -0.39 is 25.0 Å². The van der Waals surface area contributed by atoms with Crippen LogP contribution >= 0.6 is 11.6 Å². The van der Waals surface area contributed by atoms with Gasteiger partial charge in [0.25, 0.3) is 16.0 Å². The van der Waals surface area contributed by atoms with Crippen LogP contribution in [0.3, 0.4) is 0 Å². The topological polar surface area (TPSA) is 219 Å². The van der Waals surface area contributed by atoms with Gasteiger partial charge in [-0.2, -0.15) is 8.42 Å². The molecular formula is C54H61ClN6O10S2. The van der Waals surface area contributed by atoms with Gasteiger partial charge in [-0.15, -0.1) is 0 Å². The molecule has 19 heteroatoms. The summed E-state index contributed by atoms with van der Waals surface area (Å²) in [6, 6.07) is 26.7. The predicted molar refractivity (Wildman–Crippen MR) is 285 cm³/mol. The molecule has 386 valence electrons. The number of rotatable bonds is 23. The molecule has 0 spiro atoms. The summed E-state index contributed by atoms with van der Waals surface area (Å²) in [5.74, 6) is 0.437. The SMILES string of the molecule is CCN=c1ccc2c(-c3ccc(S(=O)(=O)NCCCCCC(=O)NCCCCNC(=O)Cc4c(C)n(C(=O)c5ccc(Cl)cc5)c5ccc(OC)cc45)cc3S(=O)(=O)O)c3ccc(N(CC)CC)cc3oc-2c1. The fourth-order valence-corrected chi connectivity index (χ4v) is 11.0. The molecule has 1 aromatic heterocycles. The number of benzene rings is 5. The summed E-state index contributed by atoms with van der Waals surface area (Å²) in [5.41, 5.74) is 4.94. The highest BCUT2D eigenvalue weighted by atomic mass is 35.5. The lowest BCUT2D eigenvalue weighted by molar-refractivity contribution is -0.121. The lowest BCUT2D eigenvalue weighted by Gasteiger charge is -2.23. The Labute approximate surface area is 430 Å². The zero-order valence-corrected chi connectivity index (χ0v) is 44.0. The maximum atomic E-state index is 13.6. The zero-order valence-electron chi connectivity index (χ0n) is 41.6. The number of ether oxygens (including phenoxy) is 1. The van der Waals surface area contributed by atoms with E-state index in [-0.39, 0.29) is 47.6 Å². The molecule has 0 atom stereocenters. The van der Waals surface area contributed by atoms with Crippen LogP contribution in [0, 0.1) is 6.92 Å². The first-order valence-electron chi connectivity index (χ1n) is 24.4. The number of aromatic nitrogens is 1. The van der Waals surface area contributed by atoms with Crippen molar-refractivity contribution in [1.82, 2.24) is 19.9 Å². The number of anilines is 1. The highest BCUT2D eigenvalue weighted by Crippen LogP contribution is 2.43. The maximum Gasteiger partial charge on any atom is 0.295 e. The number of nitrogens with zero attached hydrogens (tertiary/aromatic N) is 3. The maximum absolute atomic E-state index is 13.6. The molecule has 0 saturated heterocycles. The van der Waals surface area contributed by atoms with Gasteiger partial charge >= 0.3 is 0 Å². The summed E-state index contributed by atoms with van der Waals surface area (Å²) >= 11 is 6.05. The standard InChI is InChI=1S/C54H61ClN6O10S2/c1-6-56-38-19-23-42-48(30-38)71-49-31-39(60(7-2)8-3)20-24-43(49)53(42)44-25-22-41(33-50(44)73(67,68)69)72(65,66)59-29-11-9-10-14-51(62)57-27-12-13-28-58-52(63)34-45-35(4)61(47-26-21-40(70-5)32-46(45)47)54(64)36-15-17-37(55)18-16-36/h15-26,30-33,59H,6-14,27-29,34H2,1-5H3,(H,57,62)(H,58,63)(H,67,68,69). The van der Waals surface area contributed by atoms with Gasteiger partial charge in [-0.3, -0.25) is 28.5 Å². The number of amides is 2. The minimum atomic E-state index is -4.95. The van der Waals surface area contributed by atoms with Crippen LogP contribution in [-0.4, -0.2) is 90.1 Å². The number of carbonyl (C=O) groups is 3. The third kappa shape index (κ3) is 12.8. The van der Waals surface area contributed by atoms with Gasteiger partial charge in [0.2, 0.25) is 21.8 Å². The Hall–Kier alpha value is -6.57. The van der Waals surface area contributed by atoms with Crippen molar-refractivity contribution >= 4 is 77.0 Å². The molecule has 4 aromatic carbocycles. The predicted octanol–water partition coefficient (Wildman–Crippen LogP) is 8.93. The Balaban J connectivity index is 0.888. The van der Waals surface area contributed by atoms with Crippen LogP contribution in [0.2, 0.25) is 5.02 Å². The summed E-state index contributed by atoms with van der Waals surface area (Å²) in [5, 5.41) is 8.33. The quantitative estimate of drug-likeness (QED) is 0.0269. The molecule has 7 rings (SSSR count). The van der Waals surface area contributed by atoms with Crippen molar-refractivity contribution in [2.45, 2.75) is 82.4 Å². The minimum absolute atomic E-state index is 0.0332. The molecule has 0 bridgehead atoms. The van der Waals surface area contributed by atoms with Crippen molar-refractivity contribution in [3.8, 4) is 28.2 Å². The zero-order chi connectivity index (χ0) is 52.5. The van der Waals surface area contributed by atoms with E-state index in [0.29, 0.717) is 118 Å². The first-order valence-corrected chi connectivity index (χ1v) is 27.7. The Morgan fingerprint density at radius 2 is 1.47 bits per heavy atom. The van der Waals surface area contributed by atoms with Crippen molar-refractivity contribution in [2.75, 3.05) is 51.3 Å². The van der Waals surface area contributed by atoms with Crippen molar-refractivity contribution < 1.29 is 44.9 Å². The van der Waals surface area contributed by atoms with Crippen LogP contribution < -0.4 is 30.3 Å². The van der Waals surface area contributed by atoms with Crippen LogP contribution in [0.1, 0.15) is 80.9 Å². The number of nitrogens with one attached hydrogen (secondary N) is 3. The number of methoxy groups -OCH3 is 1. The molecule has 2 amide bonds. The molecule has 0 fully saturated rings. The molecule has 16 nitrogen and oxygen atoms in total. The fraction of sp³-hybridized carbons (Fsp3) is 0.333. The lowest BCUT2D eigenvalue weighted by Crippen LogP contribution is -2.28. The molecule has 73 heavy (non-hydrogen) atoms. The minimum Gasteiger partial charge on any atom is -0.497 e.